The van der Waals surface area contributed by atoms with Crippen LogP contribution in [0.3, 0.4) is 0 Å². The summed E-state index contributed by atoms with van der Waals surface area (Å²) in [5.41, 5.74) is 5.49. The van der Waals surface area contributed by atoms with Crippen LogP contribution in [-0.2, 0) is 0 Å². The molecule has 0 amide bonds. The first-order valence-electron chi connectivity index (χ1n) is 6.06. The van der Waals surface area contributed by atoms with Crippen molar-refractivity contribution in [3.8, 4) is 11.6 Å². The number of anilines is 1. The number of nitrogens with two attached hydrogens (primary N) is 1. The number of aromatic nitrogens is 2. The number of rotatable bonds is 3. The van der Waals surface area contributed by atoms with Crippen LogP contribution in [0, 0.1) is 10.1 Å². The third kappa shape index (κ3) is 2.44. The minimum absolute atomic E-state index is 0.0290. The van der Waals surface area contributed by atoms with Crippen LogP contribution in [0.4, 0.5) is 11.5 Å². The quantitative estimate of drug-likeness (QED) is 0.585. The van der Waals surface area contributed by atoms with Gasteiger partial charge in [0.1, 0.15) is 11.6 Å². The molecule has 0 radical (unpaired) electrons. The van der Waals surface area contributed by atoms with Crippen LogP contribution in [0.15, 0.2) is 48.8 Å². The van der Waals surface area contributed by atoms with Crippen LogP contribution in [0.25, 0.3) is 10.8 Å². The Morgan fingerprint density at radius 1 is 1.05 bits per heavy atom. The number of fused-ring (bicyclic) bond motifs is 1. The summed E-state index contributed by atoms with van der Waals surface area (Å²) >= 11 is 0. The number of nitrogens with zero attached hydrogens (tertiary/aromatic N) is 3. The second kappa shape index (κ2) is 5.04. The van der Waals surface area contributed by atoms with Crippen LogP contribution in [0.2, 0.25) is 0 Å². The Labute approximate surface area is 119 Å². The van der Waals surface area contributed by atoms with Crippen molar-refractivity contribution in [1.29, 1.82) is 0 Å². The molecule has 0 saturated heterocycles. The van der Waals surface area contributed by atoms with E-state index < -0.39 is 4.92 Å². The van der Waals surface area contributed by atoms with Crippen LogP contribution in [-0.4, -0.2) is 14.9 Å². The lowest BCUT2D eigenvalue weighted by molar-refractivity contribution is -0.383. The largest absolute Gasteiger partial charge is 0.437 e. The van der Waals surface area contributed by atoms with Crippen molar-refractivity contribution in [3.63, 3.8) is 0 Å². The Morgan fingerprint density at radius 3 is 2.48 bits per heavy atom. The number of hydrogen-bond donors (Lipinski definition) is 1. The molecule has 3 rings (SSSR count). The Kier molecular flexibility index (Phi) is 3.07. The number of non-ortho nitro benzene ring substituents is 1. The standard InChI is InChI=1S/C14H10N4O3/c15-13-7-17-14(8-16-13)21-12-6-5-11(18(19)20)9-3-1-2-4-10(9)12/h1-8H,(H2,15,16). The van der Waals surface area contributed by atoms with E-state index >= 15 is 0 Å². The van der Waals surface area contributed by atoms with E-state index in [2.05, 4.69) is 9.97 Å². The zero-order valence-corrected chi connectivity index (χ0v) is 10.8. The molecule has 7 heteroatoms. The lowest BCUT2D eigenvalue weighted by atomic mass is 10.1. The summed E-state index contributed by atoms with van der Waals surface area (Å²) < 4.78 is 5.63. The lowest BCUT2D eigenvalue weighted by Crippen LogP contribution is -1.95. The summed E-state index contributed by atoms with van der Waals surface area (Å²) in [5, 5.41) is 12.2. The number of hydrogen-bond acceptors (Lipinski definition) is 6. The maximum Gasteiger partial charge on any atom is 0.277 e. The first kappa shape index (κ1) is 12.8. The van der Waals surface area contributed by atoms with Gasteiger partial charge < -0.3 is 10.5 Å². The number of nitro groups is 1. The Balaban J connectivity index is 2.09. The van der Waals surface area contributed by atoms with Gasteiger partial charge in [-0.2, -0.15) is 0 Å². The van der Waals surface area contributed by atoms with E-state index in [1.54, 1.807) is 30.3 Å². The van der Waals surface area contributed by atoms with E-state index in [0.717, 1.165) is 0 Å². The van der Waals surface area contributed by atoms with Crippen molar-refractivity contribution in [2.75, 3.05) is 5.73 Å². The predicted octanol–water partition coefficient (Wildman–Crippen LogP) is 2.91. The van der Waals surface area contributed by atoms with Crippen molar-refractivity contribution >= 4 is 22.3 Å². The third-order valence-electron chi connectivity index (χ3n) is 2.92. The lowest BCUT2D eigenvalue weighted by Gasteiger charge is -2.08. The van der Waals surface area contributed by atoms with E-state index in [1.165, 1.54) is 18.5 Å². The van der Waals surface area contributed by atoms with Gasteiger partial charge in [-0.05, 0) is 12.1 Å². The third-order valence-corrected chi connectivity index (χ3v) is 2.92. The molecule has 21 heavy (non-hydrogen) atoms. The number of nitrogen functional groups attached to an aromatic ring is 1. The zero-order valence-electron chi connectivity index (χ0n) is 10.8. The minimum atomic E-state index is -0.421. The van der Waals surface area contributed by atoms with Crippen LogP contribution in [0.1, 0.15) is 0 Å². The molecule has 0 aliphatic heterocycles. The normalized spacial score (nSPS) is 10.5. The Bertz CT molecular complexity index is 818. The highest BCUT2D eigenvalue weighted by atomic mass is 16.6. The van der Waals surface area contributed by atoms with Gasteiger partial charge in [0.15, 0.2) is 0 Å². The number of ether oxygens (including phenoxy) is 1. The molecule has 0 fully saturated rings. The Hall–Kier alpha value is -3.22. The van der Waals surface area contributed by atoms with Gasteiger partial charge in [-0.1, -0.05) is 18.2 Å². The fourth-order valence-electron chi connectivity index (χ4n) is 2.00. The maximum absolute atomic E-state index is 11.1. The van der Waals surface area contributed by atoms with E-state index in [9.17, 15) is 10.1 Å². The van der Waals surface area contributed by atoms with Crippen molar-refractivity contribution < 1.29 is 9.66 Å². The van der Waals surface area contributed by atoms with Crippen molar-refractivity contribution in [2.24, 2.45) is 0 Å². The molecular weight excluding hydrogens is 272 g/mol. The topological polar surface area (TPSA) is 104 Å². The first-order valence-corrected chi connectivity index (χ1v) is 6.06. The molecule has 0 bridgehead atoms. The summed E-state index contributed by atoms with van der Waals surface area (Å²) in [6, 6.07) is 9.90. The molecule has 0 spiro atoms. The van der Waals surface area contributed by atoms with Crippen molar-refractivity contribution in [1.82, 2.24) is 9.97 Å². The van der Waals surface area contributed by atoms with Gasteiger partial charge in [-0.25, -0.2) is 9.97 Å². The molecule has 104 valence electrons. The summed E-state index contributed by atoms with van der Waals surface area (Å²) in [4.78, 5) is 18.5. The monoisotopic (exact) mass is 282 g/mol. The molecule has 2 N–H and O–H groups in total. The molecule has 0 atom stereocenters. The van der Waals surface area contributed by atoms with E-state index in [1.807, 2.05) is 0 Å². The fourth-order valence-corrected chi connectivity index (χ4v) is 2.00. The molecule has 3 aromatic rings. The molecule has 7 nitrogen and oxygen atoms in total. The summed E-state index contributed by atoms with van der Waals surface area (Å²) in [6.07, 6.45) is 2.77. The molecule has 0 aliphatic carbocycles. The summed E-state index contributed by atoms with van der Waals surface area (Å²) in [5.74, 6) is 1.02. The average Bonchev–Trinajstić information content (AvgIpc) is 2.49. The molecule has 0 aliphatic rings. The van der Waals surface area contributed by atoms with Gasteiger partial charge in [0.05, 0.1) is 22.7 Å². The first-order chi connectivity index (χ1) is 10.1. The van der Waals surface area contributed by atoms with Crippen LogP contribution < -0.4 is 10.5 Å². The van der Waals surface area contributed by atoms with Crippen molar-refractivity contribution in [3.05, 3.63) is 58.9 Å². The average molecular weight is 282 g/mol. The van der Waals surface area contributed by atoms with Gasteiger partial charge in [-0.3, -0.25) is 10.1 Å². The van der Waals surface area contributed by atoms with Gasteiger partial charge in [0.2, 0.25) is 5.88 Å². The second-order valence-electron chi connectivity index (χ2n) is 4.27. The van der Waals surface area contributed by atoms with Gasteiger partial charge in [-0.15, -0.1) is 0 Å². The zero-order chi connectivity index (χ0) is 14.8. The maximum atomic E-state index is 11.1. The highest BCUT2D eigenvalue weighted by Gasteiger charge is 2.15. The molecule has 2 aromatic carbocycles. The number of benzene rings is 2. The van der Waals surface area contributed by atoms with E-state index in [-0.39, 0.29) is 17.4 Å². The van der Waals surface area contributed by atoms with E-state index in [4.69, 9.17) is 10.5 Å². The second-order valence-corrected chi connectivity index (χ2v) is 4.27. The van der Waals surface area contributed by atoms with Gasteiger partial charge >= 0.3 is 0 Å². The Morgan fingerprint density at radius 2 is 1.81 bits per heavy atom. The molecule has 0 unspecified atom stereocenters. The minimum Gasteiger partial charge on any atom is -0.437 e. The highest BCUT2D eigenvalue weighted by molar-refractivity contribution is 5.95. The molecular formula is C14H10N4O3. The smallest absolute Gasteiger partial charge is 0.277 e. The molecule has 0 saturated carbocycles. The fraction of sp³-hybridized carbons (Fsp3) is 0. The SMILES string of the molecule is Nc1cnc(Oc2ccc([N+](=O)[O-])c3ccccc23)cn1. The van der Waals surface area contributed by atoms with Crippen LogP contribution in [0.5, 0.6) is 11.6 Å². The number of nitro benzene ring substituents is 1. The highest BCUT2D eigenvalue weighted by Crippen LogP contribution is 2.34. The molecule has 1 aromatic heterocycles. The summed E-state index contributed by atoms with van der Waals surface area (Å²) in [6.45, 7) is 0. The van der Waals surface area contributed by atoms with Gasteiger partial charge in [0.25, 0.3) is 5.69 Å². The van der Waals surface area contributed by atoms with Crippen molar-refractivity contribution in [2.45, 2.75) is 0 Å². The molecule has 1 heterocycles. The van der Waals surface area contributed by atoms with Crippen LogP contribution >= 0.6 is 0 Å². The van der Waals surface area contributed by atoms with Gasteiger partial charge in [0, 0.05) is 11.5 Å². The predicted molar refractivity (Wildman–Crippen MR) is 77.1 cm³/mol. The van der Waals surface area contributed by atoms with E-state index in [0.29, 0.717) is 16.5 Å². The summed E-state index contributed by atoms with van der Waals surface area (Å²) in [7, 11) is 0.